The van der Waals surface area contributed by atoms with Gasteiger partial charge < -0.3 is 20.5 Å². The molecule has 0 heterocycles. The Morgan fingerprint density at radius 3 is 1.97 bits per heavy atom. The van der Waals surface area contributed by atoms with E-state index in [2.05, 4.69) is 10.6 Å². The van der Waals surface area contributed by atoms with Crippen LogP contribution in [0.15, 0.2) is 60.7 Å². The van der Waals surface area contributed by atoms with E-state index in [0.717, 1.165) is 11.1 Å². The number of aliphatic carboxylic acids is 1. The Bertz CT molecular complexity index is 824. The standard InChI is InChI=1S/C23H28N2O5/c1-16(2)13-19(25-23(29)30-15-18-11-7-4-8-12-18)21(26)24-20(22(27)28)14-17-9-5-3-6-10-17/h3-12,16,19-20H,13-15H2,1-2H3,(H,24,26)(H,25,29)(H,27,28)/t19-,20-/m1/s1. The molecule has 2 aromatic carbocycles. The first-order valence-electron chi connectivity index (χ1n) is 9.89. The monoisotopic (exact) mass is 412 g/mol. The van der Waals surface area contributed by atoms with Crippen LogP contribution in [0.5, 0.6) is 0 Å². The topological polar surface area (TPSA) is 105 Å². The lowest BCUT2D eigenvalue weighted by molar-refractivity contribution is -0.142. The lowest BCUT2D eigenvalue weighted by Crippen LogP contribution is -2.52. The molecule has 2 aromatic rings. The molecular weight excluding hydrogens is 384 g/mol. The van der Waals surface area contributed by atoms with Gasteiger partial charge in [-0.25, -0.2) is 9.59 Å². The molecule has 0 aliphatic heterocycles. The van der Waals surface area contributed by atoms with Crippen LogP contribution in [-0.4, -0.2) is 35.2 Å². The lowest BCUT2D eigenvalue weighted by Gasteiger charge is -2.22. The van der Waals surface area contributed by atoms with E-state index in [4.69, 9.17) is 4.74 Å². The minimum absolute atomic E-state index is 0.0778. The molecule has 0 aliphatic carbocycles. The number of amides is 2. The predicted octanol–water partition coefficient (Wildman–Crippen LogP) is 3.14. The number of ether oxygens (including phenoxy) is 1. The van der Waals surface area contributed by atoms with Gasteiger partial charge >= 0.3 is 12.1 Å². The molecule has 0 aliphatic rings. The number of carboxylic acid groups (broad SMARTS) is 1. The van der Waals surface area contributed by atoms with Crippen LogP contribution in [0.25, 0.3) is 0 Å². The number of carbonyl (C=O) groups excluding carboxylic acids is 2. The van der Waals surface area contributed by atoms with E-state index in [1.807, 2.05) is 62.4 Å². The SMILES string of the molecule is CC(C)C[C@@H](NC(=O)OCc1ccccc1)C(=O)N[C@H](Cc1ccccc1)C(=O)O. The Labute approximate surface area is 176 Å². The largest absolute Gasteiger partial charge is 0.480 e. The van der Waals surface area contributed by atoms with Crippen LogP contribution in [0.1, 0.15) is 31.4 Å². The van der Waals surface area contributed by atoms with Crippen molar-refractivity contribution < 1.29 is 24.2 Å². The Morgan fingerprint density at radius 2 is 1.43 bits per heavy atom. The second-order valence-electron chi connectivity index (χ2n) is 7.48. The fraction of sp³-hybridized carbons (Fsp3) is 0.348. The predicted molar refractivity (Wildman–Crippen MR) is 113 cm³/mol. The molecule has 0 saturated carbocycles. The van der Waals surface area contributed by atoms with Gasteiger partial charge in [-0.15, -0.1) is 0 Å². The molecule has 3 N–H and O–H groups in total. The molecule has 0 fully saturated rings. The summed E-state index contributed by atoms with van der Waals surface area (Å²) in [6.07, 6.45) is -0.229. The summed E-state index contributed by atoms with van der Waals surface area (Å²) in [6, 6.07) is 16.2. The molecule has 0 spiro atoms. The van der Waals surface area contributed by atoms with Crippen LogP contribution >= 0.6 is 0 Å². The molecule has 2 amide bonds. The third-order valence-corrected chi connectivity index (χ3v) is 4.43. The van der Waals surface area contributed by atoms with Crippen molar-refractivity contribution in [2.45, 2.75) is 45.4 Å². The number of rotatable bonds is 10. The minimum atomic E-state index is -1.14. The van der Waals surface area contributed by atoms with Crippen LogP contribution in [-0.2, 0) is 27.4 Å². The van der Waals surface area contributed by atoms with Crippen molar-refractivity contribution in [3.05, 3.63) is 71.8 Å². The number of carboxylic acids is 1. The zero-order valence-electron chi connectivity index (χ0n) is 17.2. The van der Waals surface area contributed by atoms with Gasteiger partial charge in [0.15, 0.2) is 0 Å². The average molecular weight is 412 g/mol. The summed E-state index contributed by atoms with van der Waals surface area (Å²) in [5.74, 6) is -1.58. The minimum Gasteiger partial charge on any atom is -0.480 e. The zero-order chi connectivity index (χ0) is 21.9. The molecule has 30 heavy (non-hydrogen) atoms. The van der Waals surface area contributed by atoms with E-state index in [1.165, 1.54) is 0 Å². The third-order valence-electron chi connectivity index (χ3n) is 4.43. The van der Waals surface area contributed by atoms with Crippen LogP contribution in [0.2, 0.25) is 0 Å². The number of carbonyl (C=O) groups is 3. The fourth-order valence-corrected chi connectivity index (χ4v) is 2.93. The van der Waals surface area contributed by atoms with Gasteiger partial charge in [-0.1, -0.05) is 74.5 Å². The van der Waals surface area contributed by atoms with Crippen molar-refractivity contribution in [3.63, 3.8) is 0 Å². The summed E-state index contributed by atoms with van der Waals surface area (Å²) in [5, 5.41) is 14.6. The molecule has 7 heteroatoms. The van der Waals surface area contributed by atoms with Crippen LogP contribution in [0.4, 0.5) is 4.79 Å². The fourth-order valence-electron chi connectivity index (χ4n) is 2.93. The summed E-state index contributed by atoms with van der Waals surface area (Å²) in [5.41, 5.74) is 1.62. The van der Waals surface area contributed by atoms with Gasteiger partial charge in [0, 0.05) is 6.42 Å². The summed E-state index contributed by atoms with van der Waals surface area (Å²) in [4.78, 5) is 36.6. The summed E-state index contributed by atoms with van der Waals surface area (Å²) >= 11 is 0. The molecule has 0 saturated heterocycles. The van der Waals surface area contributed by atoms with Gasteiger partial charge in [-0.2, -0.15) is 0 Å². The van der Waals surface area contributed by atoms with E-state index >= 15 is 0 Å². The van der Waals surface area contributed by atoms with E-state index in [0.29, 0.717) is 6.42 Å². The van der Waals surface area contributed by atoms with Crippen molar-refractivity contribution in [2.24, 2.45) is 5.92 Å². The summed E-state index contributed by atoms with van der Waals surface area (Å²) in [7, 11) is 0. The molecule has 2 atom stereocenters. The second-order valence-corrected chi connectivity index (χ2v) is 7.48. The maximum Gasteiger partial charge on any atom is 0.408 e. The van der Waals surface area contributed by atoms with Gasteiger partial charge in [0.05, 0.1) is 0 Å². The Balaban J connectivity index is 1.98. The van der Waals surface area contributed by atoms with Gasteiger partial charge in [-0.05, 0) is 23.5 Å². The van der Waals surface area contributed by atoms with Gasteiger partial charge in [-0.3, -0.25) is 4.79 Å². The highest BCUT2D eigenvalue weighted by Gasteiger charge is 2.27. The highest BCUT2D eigenvalue weighted by atomic mass is 16.5. The van der Waals surface area contributed by atoms with Gasteiger partial charge in [0.2, 0.25) is 5.91 Å². The van der Waals surface area contributed by atoms with Crippen molar-refractivity contribution in [2.75, 3.05) is 0 Å². The van der Waals surface area contributed by atoms with Crippen molar-refractivity contribution >= 4 is 18.0 Å². The van der Waals surface area contributed by atoms with Crippen LogP contribution in [0, 0.1) is 5.92 Å². The first-order valence-corrected chi connectivity index (χ1v) is 9.89. The average Bonchev–Trinajstić information content (AvgIpc) is 2.72. The maximum atomic E-state index is 12.7. The molecule has 0 radical (unpaired) electrons. The molecule has 0 bridgehead atoms. The molecule has 7 nitrogen and oxygen atoms in total. The Hall–Kier alpha value is -3.35. The molecular formula is C23H28N2O5. The molecule has 160 valence electrons. The number of alkyl carbamates (subject to hydrolysis) is 1. The van der Waals surface area contributed by atoms with Crippen LogP contribution < -0.4 is 10.6 Å². The highest BCUT2D eigenvalue weighted by Crippen LogP contribution is 2.09. The Morgan fingerprint density at radius 1 is 0.867 bits per heavy atom. The van der Waals surface area contributed by atoms with Gasteiger partial charge in [0.1, 0.15) is 18.7 Å². The number of nitrogens with one attached hydrogen (secondary N) is 2. The normalized spacial score (nSPS) is 12.6. The lowest BCUT2D eigenvalue weighted by atomic mass is 10.0. The molecule has 2 rings (SSSR count). The first kappa shape index (κ1) is 22.9. The third kappa shape index (κ3) is 7.95. The van der Waals surface area contributed by atoms with Crippen molar-refractivity contribution in [1.29, 1.82) is 0 Å². The molecule has 0 aromatic heterocycles. The Kier molecular flexibility index (Phi) is 8.87. The van der Waals surface area contributed by atoms with Crippen molar-refractivity contribution in [1.82, 2.24) is 10.6 Å². The van der Waals surface area contributed by atoms with Crippen LogP contribution in [0.3, 0.4) is 0 Å². The quantitative estimate of drug-likeness (QED) is 0.556. The second kappa shape index (κ2) is 11.6. The summed E-state index contributed by atoms with van der Waals surface area (Å²) in [6.45, 7) is 3.90. The molecule has 0 unspecified atom stereocenters. The first-order chi connectivity index (χ1) is 14.3. The number of hydrogen-bond donors (Lipinski definition) is 3. The van der Waals surface area contributed by atoms with Gasteiger partial charge in [0.25, 0.3) is 0 Å². The summed E-state index contributed by atoms with van der Waals surface area (Å²) < 4.78 is 5.19. The number of hydrogen-bond acceptors (Lipinski definition) is 4. The van der Waals surface area contributed by atoms with E-state index < -0.39 is 30.1 Å². The maximum absolute atomic E-state index is 12.7. The van der Waals surface area contributed by atoms with Crippen molar-refractivity contribution in [3.8, 4) is 0 Å². The zero-order valence-corrected chi connectivity index (χ0v) is 17.2. The van der Waals surface area contributed by atoms with E-state index in [9.17, 15) is 19.5 Å². The van der Waals surface area contributed by atoms with E-state index in [1.54, 1.807) is 12.1 Å². The highest BCUT2D eigenvalue weighted by molar-refractivity contribution is 5.89. The number of benzene rings is 2. The van der Waals surface area contributed by atoms with E-state index in [-0.39, 0.29) is 18.9 Å². The smallest absolute Gasteiger partial charge is 0.408 e.